The van der Waals surface area contributed by atoms with E-state index in [2.05, 4.69) is 4.52 Å². The van der Waals surface area contributed by atoms with Crippen LogP contribution >= 0.6 is 7.60 Å². The molecule has 1 unspecified atom stereocenters. The topological polar surface area (TPSA) is 46.5 Å². The fourth-order valence-corrected chi connectivity index (χ4v) is 2.60. The van der Waals surface area contributed by atoms with Crippen molar-refractivity contribution in [2.45, 2.75) is 49.1 Å². The van der Waals surface area contributed by atoms with Crippen LogP contribution in [0.4, 0.5) is 57.1 Å². The van der Waals surface area contributed by atoms with Crippen LogP contribution in [0.2, 0.25) is 0 Å². The van der Waals surface area contributed by atoms with E-state index in [9.17, 15) is 61.6 Å². The maximum Gasteiger partial charge on any atom is 0.460 e. The molecular weight excluding hydrogens is 446 g/mol. The zero-order valence-corrected chi connectivity index (χ0v) is 13.6. The molecule has 0 rings (SSSR count). The first-order valence-electron chi connectivity index (χ1n) is 6.44. The maximum atomic E-state index is 13.3. The molecule has 0 amide bonds. The number of hydrogen-bond acceptors (Lipinski definition) is 2. The van der Waals surface area contributed by atoms with E-state index in [-0.39, 0.29) is 0 Å². The van der Waals surface area contributed by atoms with E-state index in [0.717, 1.165) is 6.92 Å². The van der Waals surface area contributed by atoms with Crippen LogP contribution in [-0.2, 0) is 9.09 Å². The summed E-state index contributed by atoms with van der Waals surface area (Å²) in [4.78, 5) is 8.89. The van der Waals surface area contributed by atoms with E-state index >= 15 is 0 Å². The van der Waals surface area contributed by atoms with Crippen LogP contribution < -0.4 is 0 Å². The van der Waals surface area contributed by atoms with Crippen LogP contribution in [0, 0.1) is 0 Å². The van der Waals surface area contributed by atoms with Crippen molar-refractivity contribution in [3.05, 3.63) is 0 Å². The van der Waals surface area contributed by atoms with Gasteiger partial charge >= 0.3 is 43.4 Å². The van der Waals surface area contributed by atoms with E-state index in [1.807, 2.05) is 0 Å². The maximum absolute atomic E-state index is 13.3. The normalized spacial score (nSPS) is 17.7. The smallest absolute Gasteiger partial charge is 0.324 e. The Hall–Kier alpha value is -0.760. The van der Waals surface area contributed by atoms with Crippen LogP contribution in [0.1, 0.15) is 13.3 Å². The highest BCUT2D eigenvalue weighted by atomic mass is 31.2. The van der Waals surface area contributed by atoms with Crippen molar-refractivity contribution in [2.75, 3.05) is 12.8 Å². The Morgan fingerprint density at radius 1 is 0.741 bits per heavy atom. The Kier molecular flexibility index (Phi) is 7.04. The molecule has 0 aromatic heterocycles. The van der Waals surface area contributed by atoms with Gasteiger partial charge in [0.2, 0.25) is 0 Å². The highest BCUT2D eigenvalue weighted by Crippen LogP contribution is 2.61. The first-order valence-corrected chi connectivity index (χ1v) is 8.20. The predicted molar refractivity (Wildman–Crippen MR) is 61.7 cm³/mol. The third-order valence-electron chi connectivity index (χ3n) is 3.04. The van der Waals surface area contributed by atoms with Crippen molar-refractivity contribution in [3.8, 4) is 0 Å². The molecule has 0 spiro atoms. The molecule has 0 bridgehead atoms. The quantitative estimate of drug-likeness (QED) is 0.377. The zero-order valence-electron chi connectivity index (χ0n) is 12.7. The van der Waals surface area contributed by atoms with Gasteiger partial charge in [0.05, 0.1) is 12.8 Å². The SMILES string of the molecule is CCOP(=O)(O)CCC(F)(F)C(F)(F)C(F)(F)C(F)(F)C(F)(F)C(F)(F)F. The van der Waals surface area contributed by atoms with E-state index in [4.69, 9.17) is 4.89 Å². The standard InChI is InChI=1S/C10H10F13O3P/c1-2-26-27(24,25)4-3-5(11,12)6(13,14)7(15,16)8(17,18)9(19,20)10(21,22)23/h2-4H2,1H3,(H,24,25). The van der Waals surface area contributed by atoms with Gasteiger partial charge in [0.15, 0.2) is 0 Å². The van der Waals surface area contributed by atoms with Gasteiger partial charge in [-0.15, -0.1) is 0 Å². The molecule has 17 heteroatoms. The molecule has 1 N–H and O–H groups in total. The summed E-state index contributed by atoms with van der Waals surface area (Å²) in [5.41, 5.74) is 0. The second kappa shape index (κ2) is 7.25. The molecular formula is C10H10F13O3P. The van der Waals surface area contributed by atoms with E-state index in [1.165, 1.54) is 0 Å². The first kappa shape index (κ1) is 26.2. The third kappa shape index (κ3) is 4.47. The van der Waals surface area contributed by atoms with Crippen LogP contribution in [-0.4, -0.2) is 53.5 Å². The molecule has 0 fully saturated rings. The van der Waals surface area contributed by atoms with Gasteiger partial charge in [-0.2, -0.15) is 57.1 Å². The first-order chi connectivity index (χ1) is 11.5. The third-order valence-corrected chi connectivity index (χ3v) is 4.49. The van der Waals surface area contributed by atoms with E-state index < -0.39 is 62.6 Å². The average Bonchev–Trinajstić information content (AvgIpc) is 2.43. The zero-order chi connectivity index (χ0) is 22.3. The minimum Gasteiger partial charge on any atom is -0.324 e. The summed E-state index contributed by atoms with van der Waals surface area (Å²) in [6.45, 7) is 0.366. The summed E-state index contributed by atoms with van der Waals surface area (Å²) in [5, 5.41) is 0. The van der Waals surface area contributed by atoms with Gasteiger partial charge in [-0.1, -0.05) is 0 Å². The molecule has 0 aromatic carbocycles. The molecule has 0 saturated carbocycles. The molecule has 0 aliphatic rings. The summed E-state index contributed by atoms with van der Waals surface area (Å²) in [5.74, 6) is -37.6. The van der Waals surface area contributed by atoms with E-state index in [0.29, 0.717) is 0 Å². The Morgan fingerprint density at radius 2 is 1.11 bits per heavy atom. The highest BCUT2D eigenvalue weighted by Gasteiger charge is 2.90. The molecule has 0 radical (unpaired) electrons. The molecule has 3 nitrogen and oxygen atoms in total. The predicted octanol–water partition coefficient (Wildman–Crippen LogP) is 5.34. The summed E-state index contributed by atoms with van der Waals surface area (Å²) in [7, 11) is -5.08. The van der Waals surface area contributed by atoms with Gasteiger partial charge in [-0.25, -0.2) is 0 Å². The lowest BCUT2D eigenvalue weighted by molar-refractivity contribution is -0.439. The molecule has 1 atom stereocenters. The lowest BCUT2D eigenvalue weighted by Crippen LogP contribution is -2.70. The second-order valence-electron chi connectivity index (χ2n) is 5.03. The van der Waals surface area contributed by atoms with Gasteiger partial charge in [0, 0.05) is 6.42 Å². The van der Waals surface area contributed by atoms with Crippen LogP contribution in [0.25, 0.3) is 0 Å². The van der Waals surface area contributed by atoms with Crippen molar-refractivity contribution in [1.29, 1.82) is 0 Å². The lowest BCUT2D eigenvalue weighted by Gasteiger charge is -2.39. The van der Waals surface area contributed by atoms with Crippen molar-refractivity contribution >= 4 is 7.60 Å². The van der Waals surface area contributed by atoms with Crippen LogP contribution in [0.5, 0.6) is 0 Å². The average molecular weight is 456 g/mol. The number of rotatable bonds is 9. The monoisotopic (exact) mass is 456 g/mol. The number of hydrogen-bond donors (Lipinski definition) is 1. The molecule has 27 heavy (non-hydrogen) atoms. The minimum absolute atomic E-state index is 0.651. The highest BCUT2D eigenvalue weighted by molar-refractivity contribution is 7.52. The Bertz CT molecular complexity index is 571. The Labute approximate surface area is 142 Å². The number of alkyl halides is 13. The van der Waals surface area contributed by atoms with Crippen molar-refractivity contribution in [1.82, 2.24) is 0 Å². The Balaban J connectivity index is 5.98. The van der Waals surface area contributed by atoms with Crippen molar-refractivity contribution < 1.29 is 71.1 Å². The molecule has 0 saturated heterocycles. The fraction of sp³-hybridized carbons (Fsp3) is 1.00. The Morgan fingerprint density at radius 3 is 1.44 bits per heavy atom. The largest absolute Gasteiger partial charge is 0.460 e. The lowest BCUT2D eigenvalue weighted by atomic mass is 9.93. The molecule has 0 aliphatic heterocycles. The summed E-state index contributed by atoms with van der Waals surface area (Å²) in [6.07, 6.45) is -12.3. The minimum atomic E-state index is -7.99. The van der Waals surface area contributed by atoms with Gasteiger partial charge in [0.25, 0.3) is 0 Å². The molecule has 164 valence electrons. The molecule has 0 aromatic rings. The van der Waals surface area contributed by atoms with Crippen LogP contribution in [0.15, 0.2) is 0 Å². The fourth-order valence-electron chi connectivity index (χ4n) is 1.51. The second-order valence-corrected chi connectivity index (χ2v) is 7.01. The van der Waals surface area contributed by atoms with Gasteiger partial charge in [-0.3, -0.25) is 4.57 Å². The van der Waals surface area contributed by atoms with Crippen molar-refractivity contribution in [2.24, 2.45) is 0 Å². The van der Waals surface area contributed by atoms with Gasteiger partial charge < -0.3 is 9.42 Å². The molecule has 0 heterocycles. The number of halogens is 13. The summed E-state index contributed by atoms with van der Waals surface area (Å²) < 4.78 is 181. The van der Waals surface area contributed by atoms with Gasteiger partial charge in [-0.05, 0) is 6.92 Å². The summed E-state index contributed by atoms with van der Waals surface area (Å²) in [6, 6.07) is 0. The van der Waals surface area contributed by atoms with Crippen LogP contribution in [0.3, 0.4) is 0 Å². The van der Waals surface area contributed by atoms with E-state index in [1.54, 1.807) is 0 Å². The molecule has 0 aliphatic carbocycles. The summed E-state index contributed by atoms with van der Waals surface area (Å²) >= 11 is 0. The van der Waals surface area contributed by atoms with Gasteiger partial charge in [0.1, 0.15) is 0 Å². The van der Waals surface area contributed by atoms with Crippen molar-refractivity contribution in [3.63, 3.8) is 0 Å².